The van der Waals surface area contributed by atoms with Gasteiger partial charge in [-0.15, -0.1) is 0 Å². The van der Waals surface area contributed by atoms with Gasteiger partial charge in [0.2, 0.25) is 0 Å². The summed E-state index contributed by atoms with van der Waals surface area (Å²) < 4.78 is 5.18. The third kappa shape index (κ3) is 4.01. The van der Waals surface area contributed by atoms with Gasteiger partial charge >= 0.3 is 0 Å². The molecule has 0 bridgehead atoms. The SMILES string of the molecule is COc1ccc(N(C)Cc2ccccc2C#CCN)cc1. The van der Waals surface area contributed by atoms with Gasteiger partial charge in [0, 0.05) is 24.8 Å². The zero-order valence-electron chi connectivity index (χ0n) is 12.5. The Labute approximate surface area is 126 Å². The molecule has 0 radical (unpaired) electrons. The first-order valence-corrected chi connectivity index (χ1v) is 6.86. The molecule has 0 aliphatic rings. The predicted octanol–water partition coefficient (Wildman–Crippen LogP) is 2.64. The lowest BCUT2D eigenvalue weighted by Crippen LogP contribution is -2.17. The molecule has 0 heterocycles. The molecule has 3 heteroatoms. The molecule has 0 unspecified atom stereocenters. The third-order valence-corrected chi connectivity index (χ3v) is 3.26. The molecule has 3 nitrogen and oxygen atoms in total. The normalized spacial score (nSPS) is 9.67. The number of methoxy groups -OCH3 is 1. The molecule has 0 aromatic heterocycles. The summed E-state index contributed by atoms with van der Waals surface area (Å²) in [6, 6.07) is 16.2. The molecule has 0 amide bonds. The van der Waals surface area contributed by atoms with E-state index < -0.39 is 0 Å². The fourth-order valence-corrected chi connectivity index (χ4v) is 2.11. The van der Waals surface area contributed by atoms with Crippen LogP contribution < -0.4 is 15.4 Å². The monoisotopic (exact) mass is 280 g/mol. The van der Waals surface area contributed by atoms with Crippen molar-refractivity contribution in [3.63, 3.8) is 0 Å². The average molecular weight is 280 g/mol. The molecular weight excluding hydrogens is 260 g/mol. The third-order valence-electron chi connectivity index (χ3n) is 3.26. The van der Waals surface area contributed by atoms with Crippen LogP contribution >= 0.6 is 0 Å². The van der Waals surface area contributed by atoms with Crippen molar-refractivity contribution in [3.8, 4) is 17.6 Å². The molecule has 0 saturated carbocycles. The van der Waals surface area contributed by atoms with Crippen LogP contribution in [0.25, 0.3) is 0 Å². The van der Waals surface area contributed by atoms with Crippen LogP contribution in [0.2, 0.25) is 0 Å². The fraction of sp³-hybridized carbons (Fsp3) is 0.222. The van der Waals surface area contributed by atoms with E-state index in [1.165, 1.54) is 5.56 Å². The standard InChI is InChI=1S/C18H20N2O/c1-20(17-9-11-18(21-2)12-10-17)14-16-7-4-3-6-15(16)8-5-13-19/h3-4,6-7,9-12H,13-14,19H2,1-2H3. The Kier molecular flexibility index (Phi) is 5.25. The van der Waals surface area contributed by atoms with Gasteiger partial charge in [-0.2, -0.15) is 0 Å². The lowest BCUT2D eigenvalue weighted by molar-refractivity contribution is 0.415. The molecule has 0 atom stereocenters. The van der Waals surface area contributed by atoms with E-state index in [1.807, 2.05) is 42.5 Å². The minimum Gasteiger partial charge on any atom is -0.497 e. The highest BCUT2D eigenvalue weighted by Gasteiger charge is 2.05. The summed E-state index contributed by atoms with van der Waals surface area (Å²) in [6.45, 7) is 1.17. The number of benzene rings is 2. The fourth-order valence-electron chi connectivity index (χ4n) is 2.11. The highest BCUT2D eigenvalue weighted by atomic mass is 16.5. The van der Waals surface area contributed by atoms with Gasteiger partial charge in [-0.1, -0.05) is 30.0 Å². The van der Waals surface area contributed by atoms with Crippen LogP contribution in [-0.4, -0.2) is 20.7 Å². The van der Waals surface area contributed by atoms with E-state index in [1.54, 1.807) is 7.11 Å². The van der Waals surface area contributed by atoms with Crippen LogP contribution in [-0.2, 0) is 6.54 Å². The maximum atomic E-state index is 5.45. The lowest BCUT2D eigenvalue weighted by atomic mass is 10.1. The Morgan fingerprint density at radius 2 is 1.81 bits per heavy atom. The smallest absolute Gasteiger partial charge is 0.119 e. The van der Waals surface area contributed by atoms with E-state index in [2.05, 4.69) is 29.9 Å². The summed E-state index contributed by atoms with van der Waals surface area (Å²) in [6.07, 6.45) is 0. The number of nitrogens with two attached hydrogens (primary N) is 1. The summed E-state index contributed by atoms with van der Waals surface area (Å²) in [5.41, 5.74) is 8.81. The van der Waals surface area contributed by atoms with Crippen molar-refractivity contribution >= 4 is 5.69 Å². The molecule has 2 aromatic rings. The molecule has 0 aliphatic carbocycles. The van der Waals surface area contributed by atoms with Gasteiger partial charge in [-0.05, 0) is 35.9 Å². The quantitative estimate of drug-likeness (QED) is 0.875. The molecule has 2 rings (SSSR count). The molecule has 108 valence electrons. The van der Waals surface area contributed by atoms with E-state index in [4.69, 9.17) is 10.5 Å². The zero-order chi connectivity index (χ0) is 15.1. The minimum atomic E-state index is 0.378. The molecule has 0 fully saturated rings. The van der Waals surface area contributed by atoms with Crippen molar-refractivity contribution in [2.45, 2.75) is 6.54 Å². The zero-order valence-corrected chi connectivity index (χ0v) is 12.5. The van der Waals surface area contributed by atoms with Gasteiger partial charge in [-0.25, -0.2) is 0 Å². The number of hydrogen-bond donors (Lipinski definition) is 1. The number of ether oxygens (including phenoxy) is 1. The number of hydrogen-bond acceptors (Lipinski definition) is 3. The van der Waals surface area contributed by atoms with Gasteiger partial charge in [0.25, 0.3) is 0 Å². The summed E-state index contributed by atoms with van der Waals surface area (Å²) in [7, 11) is 3.74. The topological polar surface area (TPSA) is 38.5 Å². The van der Waals surface area contributed by atoms with Gasteiger partial charge in [0.1, 0.15) is 5.75 Å². The van der Waals surface area contributed by atoms with Gasteiger partial charge in [0.15, 0.2) is 0 Å². The summed E-state index contributed by atoms with van der Waals surface area (Å²) >= 11 is 0. The van der Waals surface area contributed by atoms with E-state index >= 15 is 0 Å². The Balaban J connectivity index is 2.16. The van der Waals surface area contributed by atoms with Crippen molar-refractivity contribution in [1.82, 2.24) is 0 Å². The second-order valence-corrected chi connectivity index (χ2v) is 4.72. The molecule has 0 saturated heterocycles. The first-order chi connectivity index (χ1) is 10.2. The summed E-state index contributed by atoms with van der Waals surface area (Å²) in [4.78, 5) is 2.18. The van der Waals surface area contributed by atoms with Crippen LogP contribution in [0.1, 0.15) is 11.1 Å². The second kappa shape index (κ2) is 7.37. The van der Waals surface area contributed by atoms with E-state index in [-0.39, 0.29) is 0 Å². The molecular formula is C18H20N2O. The average Bonchev–Trinajstić information content (AvgIpc) is 2.54. The Morgan fingerprint density at radius 1 is 1.10 bits per heavy atom. The van der Waals surface area contributed by atoms with E-state index in [0.29, 0.717) is 6.54 Å². The van der Waals surface area contributed by atoms with Crippen molar-refractivity contribution in [2.75, 3.05) is 25.6 Å². The second-order valence-electron chi connectivity index (χ2n) is 4.72. The maximum absolute atomic E-state index is 5.45. The molecule has 2 aromatic carbocycles. The van der Waals surface area contributed by atoms with Crippen molar-refractivity contribution in [1.29, 1.82) is 0 Å². The van der Waals surface area contributed by atoms with Crippen LogP contribution in [0.15, 0.2) is 48.5 Å². The molecule has 0 spiro atoms. The van der Waals surface area contributed by atoms with Gasteiger partial charge in [-0.3, -0.25) is 0 Å². The van der Waals surface area contributed by atoms with Crippen molar-refractivity contribution in [2.24, 2.45) is 5.73 Å². The number of anilines is 1. The first kappa shape index (κ1) is 15.0. The Hall–Kier alpha value is -2.44. The van der Waals surface area contributed by atoms with Crippen LogP contribution in [0.4, 0.5) is 5.69 Å². The molecule has 21 heavy (non-hydrogen) atoms. The van der Waals surface area contributed by atoms with E-state index in [0.717, 1.165) is 23.5 Å². The summed E-state index contributed by atoms with van der Waals surface area (Å²) in [5, 5.41) is 0. The van der Waals surface area contributed by atoms with Crippen LogP contribution in [0.3, 0.4) is 0 Å². The number of nitrogens with zero attached hydrogens (tertiary/aromatic N) is 1. The largest absolute Gasteiger partial charge is 0.497 e. The molecule has 2 N–H and O–H groups in total. The summed E-state index contributed by atoms with van der Waals surface area (Å²) in [5.74, 6) is 6.90. The lowest BCUT2D eigenvalue weighted by Gasteiger charge is -2.20. The number of rotatable bonds is 4. The predicted molar refractivity (Wildman–Crippen MR) is 87.5 cm³/mol. The van der Waals surface area contributed by atoms with E-state index in [9.17, 15) is 0 Å². The van der Waals surface area contributed by atoms with Crippen LogP contribution in [0, 0.1) is 11.8 Å². The minimum absolute atomic E-state index is 0.378. The van der Waals surface area contributed by atoms with Crippen molar-refractivity contribution < 1.29 is 4.74 Å². The highest BCUT2D eigenvalue weighted by molar-refractivity contribution is 5.50. The van der Waals surface area contributed by atoms with Gasteiger partial charge in [0.05, 0.1) is 13.7 Å². The highest BCUT2D eigenvalue weighted by Crippen LogP contribution is 2.20. The van der Waals surface area contributed by atoms with Crippen molar-refractivity contribution in [3.05, 3.63) is 59.7 Å². The Bertz CT molecular complexity index is 638. The van der Waals surface area contributed by atoms with Crippen LogP contribution in [0.5, 0.6) is 5.75 Å². The van der Waals surface area contributed by atoms with Gasteiger partial charge < -0.3 is 15.4 Å². The maximum Gasteiger partial charge on any atom is 0.119 e. The first-order valence-electron chi connectivity index (χ1n) is 6.86. The Morgan fingerprint density at radius 3 is 2.48 bits per heavy atom. The molecule has 0 aliphatic heterocycles.